The fourth-order valence-corrected chi connectivity index (χ4v) is 8.45. The van der Waals surface area contributed by atoms with Gasteiger partial charge in [-0.2, -0.15) is 0 Å². The maximum Gasteiger partial charge on any atom is 0.211 e. The van der Waals surface area contributed by atoms with Crippen LogP contribution in [0.3, 0.4) is 0 Å². The van der Waals surface area contributed by atoms with Crippen molar-refractivity contribution in [2.45, 2.75) is 132 Å². The molecule has 1 aliphatic heterocycles. The van der Waals surface area contributed by atoms with Gasteiger partial charge < -0.3 is 42.7 Å². The number of hydrogen-bond acceptors (Lipinski definition) is 10. The van der Waals surface area contributed by atoms with E-state index in [1.807, 2.05) is 13.8 Å². The van der Waals surface area contributed by atoms with Crippen LogP contribution in [0.15, 0.2) is 33.5 Å². The number of phenolic OH excluding ortho intramolecular Hbond substituents is 1. The highest BCUT2D eigenvalue weighted by Crippen LogP contribution is 2.51. The third-order valence-corrected chi connectivity index (χ3v) is 12.4. The molecule has 1 aliphatic rings. The Balaban J connectivity index is 0.000000265. The van der Waals surface area contributed by atoms with Crippen molar-refractivity contribution in [3.63, 3.8) is 0 Å². The van der Waals surface area contributed by atoms with Crippen molar-refractivity contribution in [3.05, 3.63) is 56.7 Å². The van der Waals surface area contributed by atoms with Crippen molar-refractivity contribution in [1.29, 1.82) is 0 Å². The van der Waals surface area contributed by atoms with E-state index in [1.54, 1.807) is 25.3 Å². The predicted octanol–water partition coefficient (Wildman–Crippen LogP) is 12.4. The summed E-state index contributed by atoms with van der Waals surface area (Å²) < 4.78 is 45.0. The second-order valence-corrected chi connectivity index (χ2v) is 17.3. The third-order valence-electron chi connectivity index (χ3n) is 12.4. The first-order valence-electron chi connectivity index (χ1n) is 21.6. The minimum absolute atomic E-state index is 0.0712. The Bertz CT molecular complexity index is 2100. The molecule has 60 heavy (non-hydrogen) atoms. The highest BCUT2D eigenvalue weighted by Gasteiger charge is 2.34. The molecule has 4 aromatic rings. The maximum absolute atomic E-state index is 13.0. The van der Waals surface area contributed by atoms with Gasteiger partial charge in [-0.3, -0.25) is 4.79 Å². The standard InChI is InChI=1S/C29H50O2.C21H22O8/c1-20(2)12-9-13-21(3)14-10-15-22(4)16-11-18-29(8)19-17-26-25(7)27(30)23(5)24(6)28(26)31-29;1-23-13-8-7-11(9-15(13)24-2)14-10-12(22)16-17(25-3)19(26-4)21(28-6)20(27-5)18(16)29-14/h20-22,30H,9-19H2,1-8H3;7-10H,1-6H3/t21-,22-,29-;/m1./s1. The normalized spacial score (nSPS) is 15.7. The summed E-state index contributed by atoms with van der Waals surface area (Å²) in [4.78, 5) is 13.0. The van der Waals surface area contributed by atoms with Gasteiger partial charge >= 0.3 is 0 Å². The molecule has 0 saturated carbocycles. The van der Waals surface area contributed by atoms with E-state index >= 15 is 0 Å². The minimum atomic E-state index is -0.327. The second kappa shape index (κ2) is 21.7. The molecule has 5 rings (SSSR count). The molecule has 0 amide bonds. The first-order valence-corrected chi connectivity index (χ1v) is 21.6. The van der Waals surface area contributed by atoms with Gasteiger partial charge in [0, 0.05) is 17.2 Å². The van der Waals surface area contributed by atoms with Crippen LogP contribution in [0.4, 0.5) is 0 Å². The van der Waals surface area contributed by atoms with Crippen LogP contribution in [-0.4, -0.2) is 53.4 Å². The molecule has 1 aromatic heterocycles. The van der Waals surface area contributed by atoms with Crippen LogP contribution < -0.4 is 38.6 Å². The summed E-state index contributed by atoms with van der Waals surface area (Å²) >= 11 is 0. The fourth-order valence-electron chi connectivity index (χ4n) is 8.45. The number of phenols is 1. The third kappa shape index (κ3) is 11.1. The van der Waals surface area contributed by atoms with E-state index in [1.165, 1.54) is 98.5 Å². The smallest absolute Gasteiger partial charge is 0.211 e. The number of hydrogen-bond donors (Lipinski definition) is 1. The first kappa shape index (κ1) is 47.9. The van der Waals surface area contributed by atoms with Crippen molar-refractivity contribution in [3.8, 4) is 57.3 Å². The number of fused-ring (bicyclic) bond motifs is 2. The Morgan fingerprint density at radius 1 is 0.683 bits per heavy atom. The van der Waals surface area contributed by atoms with Gasteiger partial charge in [0.2, 0.25) is 17.2 Å². The zero-order chi connectivity index (χ0) is 44.3. The first-order chi connectivity index (χ1) is 28.6. The van der Waals surface area contributed by atoms with Crippen LogP contribution in [0, 0.1) is 38.5 Å². The van der Waals surface area contributed by atoms with Crippen molar-refractivity contribution < 1.29 is 42.7 Å². The monoisotopic (exact) mass is 833 g/mol. The predicted molar refractivity (Wildman–Crippen MR) is 242 cm³/mol. The number of aromatic hydroxyl groups is 1. The zero-order valence-electron chi connectivity index (χ0n) is 38.9. The molecule has 332 valence electrons. The van der Waals surface area contributed by atoms with Crippen LogP contribution in [0.25, 0.3) is 22.3 Å². The molecule has 0 unspecified atom stereocenters. The SMILES string of the molecule is COc1ccc(-c2cc(=O)c3c(OC)c(OC)c(OC)c(OC)c3o2)cc1OC.Cc1c(C)c2c(c(C)c1O)CC[C@@](C)(CCC[C@H](C)CCC[C@H](C)CCCC(C)C)O2. The minimum Gasteiger partial charge on any atom is -0.507 e. The van der Waals surface area contributed by atoms with Gasteiger partial charge in [-0.15, -0.1) is 0 Å². The summed E-state index contributed by atoms with van der Waals surface area (Å²) in [6.07, 6.45) is 14.1. The van der Waals surface area contributed by atoms with Crippen molar-refractivity contribution in [1.82, 2.24) is 0 Å². The van der Waals surface area contributed by atoms with E-state index in [2.05, 4.69) is 41.5 Å². The van der Waals surface area contributed by atoms with Gasteiger partial charge in [0.15, 0.2) is 28.3 Å². The summed E-state index contributed by atoms with van der Waals surface area (Å²) in [5, 5.41) is 10.6. The van der Waals surface area contributed by atoms with E-state index in [9.17, 15) is 9.90 Å². The fraction of sp³-hybridized carbons (Fsp3) is 0.580. The molecule has 10 heteroatoms. The van der Waals surface area contributed by atoms with Crippen LogP contribution in [-0.2, 0) is 6.42 Å². The van der Waals surface area contributed by atoms with Gasteiger partial charge in [0.25, 0.3) is 0 Å². The number of methoxy groups -OCH3 is 6. The molecule has 1 N–H and O–H groups in total. The second-order valence-electron chi connectivity index (χ2n) is 17.3. The Morgan fingerprint density at radius 3 is 1.82 bits per heavy atom. The molecule has 3 aromatic carbocycles. The number of benzene rings is 3. The van der Waals surface area contributed by atoms with Gasteiger partial charge in [0.05, 0.1) is 42.7 Å². The lowest BCUT2D eigenvalue weighted by Crippen LogP contribution is -2.37. The summed E-state index contributed by atoms with van der Waals surface area (Å²) in [5.41, 5.74) is 4.70. The van der Waals surface area contributed by atoms with E-state index < -0.39 is 0 Å². The van der Waals surface area contributed by atoms with E-state index in [0.29, 0.717) is 28.6 Å². The summed E-state index contributed by atoms with van der Waals surface area (Å²) in [6.45, 7) is 17.9. The average molecular weight is 833 g/mol. The van der Waals surface area contributed by atoms with Crippen molar-refractivity contribution in [2.24, 2.45) is 17.8 Å². The maximum atomic E-state index is 13.0. The molecule has 0 bridgehead atoms. The molecule has 2 heterocycles. The van der Waals surface area contributed by atoms with Gasteiger partial charge in [0.1, 0.15) is 28.2 Å². The zero-order valence-corrected chi connectivity index (χ0v) is 38.9. The molecule has 0 aliphatic carbocycles. The lowest BCUT2D eigenvalue weighted by atomic mass is 9.84. The lowest BCUT2D eigenvalue weighted by molar-refractivity contribution is 0.0511. The highest BCUT2D eigenvalue weighted by atomic mass is 16.5. The molecule has 0 radical (unpaired) electrons. The molecule has 0 spiro atoms. The van der Waals surface area contributed by atoms with Crippen molar-refractivity contribution >= 4 is 11.0 Å². The molecule has 10 nitrogen and oxygen atoms in total. The van der Waals surface area contributed by atoms with Gasteiger partial charge in [-0.1, -0.05) is 72.6 Å². The summed E-state index contributed by atoms with van der Waals surface area (Å²) in [5.74, 6) is 6.34. The topological polar surface area (TPSA) is 115 Å². The van der Waals surface area contributed by atoms with Crippen LogP contribution in [0.5, 0.6) is 46.0 Å². The molecule has 0 saturated heterocycles. The van der Waals surface area contributed by atoms with Crippen LogP contribution in [0.2, 0.25) is 0 Å². The Morgan fingerprint density at radius 2 is 1.25 bits per heavy atom. The molecular weight excluding hydrogens is 761 g/mol. The van der Waals surface area contributed by atoms with Crippen molar-refractivity contribution in [2.75, 3.05) is 42.7 Å². The van der Waals surface area contributed by atoms with Crippen LogP contribution in [0.1, 0.15) is 121 Å². The number of ether oxygens (including phenoxy) is 7. The highest BCUT2D eigenvalue weighted by molar-refractivity contribution is 5.95. The van der Waals surface area contributed by atoms with E-state index in [4.69, 9.17) is 37.6 Å². The molecule has 3 atom stereocenters. The quantitative estimate of drug-likeness (QED) is 0.0979. The van der Waals surface area contributed by atoms with E-state index in [0.717, 1.165) is 59.5 Å². The Hall–Kier alpha value is -4.73. The average Bonchev–Trinajstić information content (AvgIpc) is 3.23. The van der Waals surface area contributed by atoms with E-state index in [-0.39, 0.29) is 45.0 Å². The summed E-state index contributed by atoms with van der Waals surface area (Å²) in [7, 11) is 8.87. The Labute approximate surface area is 358 Å². The molecule has 0 fully saturated rings. The lowest BCUT2D eigenvalue weighted by Gasteiger charge is -2.38. The number of rotatable bonds is 19. The van der Waals surface area contributed by atoms with Gasteiger partial charge in [-0.25, -0.2) is 0 Å². The largest absolute Gasteiger partial charge is 0.507 e. The molecular formula is C50H72O10. The van der Waals surface area contributed by atoms with Crippen LogP contribution >= 0.6 is 0 Å². The summed E-state index contributed by atoms with van der Waals surface area (Å²) in [6, 6.07) is 6.57. The Kier molecular flexibility index (Phi) is 17.3. The van der Waals surface area contributed by atoms with Gasteiger partial charge in [-0.05, 0) is 106 Å².